The Hall–Kier alpha value is -3.74. The number of carbonyl (C=O) groups is 2. The standard InChI is InChI=1S/C23H23N5O2/c1-2-21(29)25-18-11-9-16(10-12-18)22(30)28-13-5-7-19(15-28)26-23-24-14-17-6-3-4-8-20(17)27-23/h2-4,6,8-12,14,19H,1,5,7,13,15H2,(H,25,29)(H,24,26,27). The summed E-state index contributed by atoms with van der Waals surface area (Å²) in [5, 5.41) is 7.05. The molecule has 7 nitrogen and oxygen atoms in total. The molecule has 2 amide bonds. The minimum absolute atomic E-state index is 0.0254. The molecular weight excluding hydrogens is 378 g/mol. The fourth-order valence-electron chi connectivity index (χ4n) is 3.58. The second-order valence-electron chi connectivity index (χ2n) is 7.26. The number of anilines is 2. The van der Waals surface area contributed by atoms with E-state index in [-0.39, 0.29) is 17.9 Å². The van der Waals surface area contributed by atoms with Crippen LogP contribution in [0.1, 0.15) is 23.2 Å². The number of benzene rings is 2. The van der Waals surface area contributed by atoms with E-state index in [1.165, 1.54) is 6.08 Å². The summed E-state index contributed by atoms with van der Waals surface area (Å²) in [6.45, 7) is 4.73. The minimum Gasteiger partial charge on any atom is -0.350 e. The molecule has 1 aliphatic heterocycles. The molecule has 0 aliphatic carbocycles. The lowest BCUT2D eigenvalue weighted by atomic mass is 10.0. The molecule has 4 rings (SSSR count). The van der Waals surface area contributed by atoms with Crippen LogP contribution in [0.15, 0.2) is 67.4 Å². The van der Waals surface area contributed by atoms with Gasteiger partial charge >= 0.3 is 0 Å². The molecular formula is C23H23N5O2. The van der Waals surface area contributed by atoms with E-state index in [0.29, 0.717) is 30.3 Å². The average Bonchev–Trinajstić information content (AvgIpc) is 2.79. The molecule has 1 atom stereocenters. The third-order valence-electron chi connectivity index (χ3n) is 5.12. The van der Waals surface area contributed by atoms with Gasteiger partial charge in [0.1, 0.15) is 0 Å². The van der Waals surface area contributed by atoms with Gasteiger partial charge in [-0.3, -0.25) is 9.59 Å². The lowest BCUT2D eigenvalue weighted by Gasteiger charge is -2.33. The van der Waals surface area contributed by atoms with Crippen molar-refractivity contribution < 1.29 is 9.59 Å². The van der Waals surface area contributed by atoms with Crippen molar-refractivity contribution >= 4 is 34.4 Å². The van der Waals surface area contributed by atoms with E-state index in [1.807, 2.05) is 35.4 Å². The second-order valence-corrected chi connectivity index (χ2v) is 7.26. The van der Waals surface area contributed by atoms with E-state index < -0.39 is 0 Å². The van der Waals surface area contributed by atoms with Gasteiger partial charge < -0.3 is 15.5 Å². The molecule has 1 aromatic heterocycles. The molecule has 1 fully saturated rings. The van der Waals surface area contributed by atoms with Crippen LogP contribution >= 0.6 is 0 Å². The van der Waals surface area contributed by atoms with Crippen molar-refractivity contribution in [2.75, 3.05) is 23.7 Å². The minimum atomic E-state index is -0.282. The molecule has 0 saturated carbocycles. The van der Waals surface area contributed by atoms with Crippen molar-refractivity contribution in [2.24, 2.45) is 0 Å². The first-order valence-corrected chi connectivity index (χ1v) is 9.93. The normalized spacial score (nSPS) is 16.1. The molecule has 1 unspecified atom stereocenters. The van der Waals surface area contributed by atoms with Crippen LogP contribution in [0, 0.1) is 0 Å². The number of rotatable bonds is 5. The fraction of sp³-hybridized carbons (Fsp3) is 0.217. The quantitative estimate of drug-likeness (QED) is 0.639. The van der Waals surface area contributed by atoms with Crippen LogP contribution in [-0.4, -0.2) is 45.8 Å². The Kier molecular flexibility index (Phi) is 5.70. The first kappa shape index (κ1) is 19.6. The zero-order chi connectivity index (χ0) is 20.9. The van der Waals surface area contributed by atoms with Gasteiger partial charge in [-0.05, 0) is 49.2 Å². The van der Waals surface area contributed by atoms with Gasteiger partial charge in [-0.15, -0.1) is 0 Å². The molecule has 1 aliphatic rings. The van der Waals surface area contributed by atoms with E-state index in [4.69, 9.17) is 0 Å². The monoisotopic (exact) mass is 401 g/mol. The third kappa shape index (κ3) is 4.46. The first-order valence-electron chi connectivity index (χ1n) is 9.93. The summed E-state index contributed by atoms with van der Waals surface area (Å²) in [6, 6.07) is 14.8. The zero-order valence-electron chi connectivity index (χ0n) is 16.5. The van der Waals surface area contributed by atoms with Gasteiger partial charge in [0.05, 0.1) is 5.52 Å². The molecule has 0 radical (unpaired) electrons. The van der Waals surface area contributed by atoms with E-state index in [0.717, 1.165) is 23.7 Å². The van der Waals surface area contributed by atoms with Gasteiger partial charge in [0, 0.05) is 42.0 Å². The molecule has 2 N–H and O–H groups in total. The number of fused-ring (bicyclic) bond motifs is 1. The average molecular weight is 401 g/mol. The predicted octanol–water partition coefficient (Wildman–Crippen LogP) is 3.47. The summed E-state index contributed by atoms with van der Waals surface area (Å²) in [6.07, 6.45) is 4.87. The lowest BCUT2D eigenvalue weighted by molar-refractivity contribution is -0.111. The lowest BCUT2D eigenvalue weighted by Crippen LogP contribution is -2.45. The molecule has 1 saturated heterocycles. The van der Waals surface area contributed by atoms with Gasteiger partial charge in [-0.1, -0.05) is 24.8 Å². The number of likely N-dealkylation sites (tertiary alicyclic amines) is 1. The number of nitrogens with one attached hydrogen (secondary N) is 2. The Bertz CT molecular complexity index is 1080. The highest BCUT2D eigenvalue weighted by Gasteiger charge is 2.25. The van der Waals surface area contributed by atoms with Crippen LogP contribution in [0.2, 0.25) is 0 Å². The third-order valence-corrected chi connectivity index (χ3v) is 5.12. The Morgan fingerprint density at radius 3 is 2.73 bits per heavy atom. The Labute approximate surface area is 174 Å². The number of piperidine rings is 1. The molecule has 0 bridgehead atoms. The van der Waals surface area contributed by atoms with E-state index in [2.05, 4.69) is 27.2 Å². The number of aromatic nitrogens is 2. The van der Waals surface area contributed by atoms with Crippen molar-refractivity contribution in [3.8, 4) is 0 Å². The zero-order valence-corrected chi connectivity index (χ0v) is 16.5. The van der Waals surface area contributed by atoms with Crippen LogP contribution in [-0.2, 0) is 4.79 Å². The highest BCUT2D eigenvalue weighted by atomic mass is 16.2. The SMILES string of the molecule is C=CC(=O)Nc1ccc(C(=O)N2CCCC(Nc3ncc4ccccc4n3)C2)cc1. The van der Waals surface area contributed by atoms with E-state index in [9.17, 15) is 9.59 Å². The van der Waals surface area contributed by atoms with Gasteiger partial charge in [0.2, 0.25) is 11.9 Å². The predicted molar refractivity (Wildman–Crippen MR) is 117 cm³/mol. The van der Waals surface area contributed by atoms with E-state index >= 15 is 0 Å². The number of para-hydroxylation sites is 1. The topological polar surface area (TPSA) is 87.2 Å². The van der Waals surface area contributed by atoms with Crippen molar-refractivity contribution in [3.63, 3.8) is 0 Å². The van der Waals surface area contributed by atoms with Crippen molar-refractivity contribution in [1.29, 1.82) is 0 Å². The van der Waals surface area contributed by atoms with Crippen LogP contribution < -0.4 is 10.6 Å². The highest BCUT2D eigenvalue weighted by Crippen LogP contribution is 2.19. The number of hydrogen-bond acceptors (Lipinski definition) is 5. The largest absolute Gasteiger partial charge is 0.350 e. The van der Waals surface area contributed by atoms with Gasteiger partial charge in [0.15, 0.2) is 0 Å². The molecule has 30 heavy (non-hydrogen) atoms. The van der Waals surface area contributed by atoms with Gasteiger partial charge in [-0.2, -0.15) is 0 Å². The first-order chi connectivity index (χ1) is 14.6. The van der Waals surface area contributed by atoms with E-state index in [1.54, 1.807) is 24.3 Å². The Morgan fingerprint density at radius 2 is 1.93 bits per heavy atom. The van der Waals surface area contributed by atoms with Crippen LogP contribution in [0.25, 0.3) is 10.9 Å². The summed E-state index contributed by atoms with van der Waals surface area (Å²) >= 11 is 0. The van der Waals surface area contributed by atoms with Crippen molar-refractivity contribution in [3.05, 3.63) is 72.9 Å². The maximum absolute atomic E-state index is 12.9. The Balaban J connectivity index is 1.40. The number of carbonyl (C=O) groups excluding carboxylic acids is 2. The summed E-state index contributed by atoms with van der Waals surface area (Å²) in [4.78, 5) is 35.1. The van der Waals surface area contributed by atoms with Gasteiger partial charge in [-0.25, -0.2) is 9.97 Å². The number of hydrogen-bond donors (Lipinski definition) is 2. The maximum Gasteiger partial charge on any atom is 0.253 e. The van der Waals surface area contributed by atoms with Crippen molar-refractivity contribution in [2.45, 2.75) is 18.9 Å². The second kappa shape index (κ2) is 8.73. The number of nitrogens with zero attached hydrogens (tertiary/aromatic N) is 3. The highest BCUT2D eigenvalue weighted by molar-refractivity contribution is 5.99. The smallest absolute Gasteiger partial charge is 0.253 e. The molecule has 2 heterocycles. The van der Waals surface area contributed by atoms with Crippen LogP contribution in [0.5, 0.6) is 0 Å². The summed E-state index contributed by atoms with van der Waals surface area (Å²) < 4.78 is 0. The molecule has 152 valence electrons. The molecule has 7 heteroatoms. The van der Waals surface area contributed by atoms with Crippen LogP contribution in [0.3, 0.4) is 0 Å². The van der Waals surface area contributed by atoms with Gasteiger partial charge in [0.25, 0.3) is 5.91 Å². The molecule has 2 aromatic carbocycles. The number of amides is 2. The van der Waals surface area contributed by atoms with Crippen LogP contribution in [0.4, 0.5) is 11.6 Å². The summed E-state index contributed by atoms with van der Waals surface area (Å²) in [5.74, 6) is 0.271. The molecule has 3 aromatic rings. The fourth-order valence-corrected chi connectivity index (χ4v) is 3.58. The molecule has 0 spiro atoms. The summed E-state index contributed by atoms with van der Waals surface area (Å²) in [5.41, 5.74) is 2.11. The maximum atomic E-state index is 12.9. The van der Waals surface area contributed by atoms with Crippen molar-refractivity contribution in [1.82, 2.24) is 14.9 Å². The Morgan fingerprint density at radius 1 is 1.13 bits per heavy atom. The summed E-state index contributed by atoms with van der Waals surface area (Å²) in [7, 11) is 0.